The van der Waals surface area contributed by atoms with Crippen LogP contribution < -0.4 is 5.73 Å². The molecule has 2 nitrogen and oxygen atoms in total. The highest BCUT2D eigenvalue weighted by molar-refractivity contribution is 5.37. The molecular weight excluding hydrogens is 176 g/mol. The zero-order chi connectivity index (χ0) is 10.0. The summed E-state index contributed by atoms with van der Waals surface area (Å²) in [6.07, 6.45) is 1.33. The molecule has 1 atom stereocenters. The van der Waals surface area contributed by atoms with Crippen LogP contribution in [-0.4, -0.2) is 5.11 Å². The molecule has 3 N–H and O–H groups in total. The topological polar surface area (TPSA) is 46.2 Å². The number of aromatic hydroxyl groups is 1. The Kier molecular flexibility index (Phi) is 2.63. The third kappa shape index (κ3) is 1.84. The summed E-state index contributed by atoms with van der Waals surface area (Å²) in [4.78, 5) is 0. The minimum Gasteiger partial charge on any atom is -0.507 e. The number of hydrogen-bond acceptors (Lipinski definition) is 2. The molecule has 0 aliphatic carbocycles. The van der Waals surface area contributed by atoms with Gasteiger partial charge in [0.25, 0.3) is 0 Å². The van der Waals surface area contributed by atoms with E-state index in [0.29, 0.717) is 6.07 Å². The molecule has 0 aliphatic heterocycles. The van der Waals surface area contributed by atoms with Gasteiger partial charge in [0.05, 0.1) is 6.04 Å². The van der Waals surface area contributed by atoms with Crippen LogP contribution in [0.5, 0.6) is 5.75 Å². The third-order valence-corrected chi connectivity index (χ3v) is 1.68. The van der Waals surface area contributed by atoms with Crippen LogP contribution in [0.4, 0.5) is 8.78 Å². The van der Waals surface area contributed by atoms with Gasteiger partial charge in [-0.2, -0.15) is 0 Å². The average Bonchev–Trinajstić information content (AvgIpc) is 2.10. The van der Waals surface area contributed by atoms with E-state index in [1.807, 2.05) is 0 Å². The quantitative estimate of drug-likeness (QED) is 0.691. The van der Waals surface area contributed by atoms with Crippen molar-refractivity contribution in [3.8, 4) is 5.75 Å². The average molecular weight is 185 g/mol. The molecule has 0 aromatic heterocycles. The summed E-state index contributed by atoms with van der Waals surface area (Å²) in [5.41, 5.74) is 5.57. The minimum atomic E-state index is -1.10. The largest absolute Gasteiger partial charge is 0.507 e. The van der Waals surface area contributed by atoms with Gasteiger partial charge in [-0.3, -0.25) is 0 Å². The number of benzene rings is 1. The molecule has 0 radical (unpaired) electrons. The molecule has 0 spiro atoms. The zero-order valence-corrected chi connectivity index (χ0v) is 6.80. The van der Waals surface area contributed by atoms with Crippen LogP contribution in [0.15, 0.2) is 24.8 Å². The van der Waals surface area contributed by atoms with Crippen molar-refractivity contribution in [1.82, 2.24) is 0 Å². The predicted octanol–water partition coefficient (Wildman–Crippen LogP) is 1.86. The van der Waals surface area contributed by atoms with Gasteiger partial charge in [0, 0.05) is 11.6 Å². The van der Waals surface area contributed by atoms with Crippen LogP contribution >= 0.6 is 0 Å². The second kappa shape index (κ2) is 3.53. The highest BCUT2D eigenvalue weighted by Gasteiger charge is 2.12. The van der Waals surface area contributed by atoms with E-state index in [1.54, 1.807) is 0 Å². The normalized spacial score (nSPS) is 12.5. The standard InChI is InChI=1S/C9H9F2NO/c1-2-8(12)5-3-6(10)7(11)4-9(5)13/h2-4,8,13H,1,12H2/t8-/m0/s1. The Morgan fingerprint density at radius 1 is 1.38 bits per heavy atom. The maximum atomic E-state index is 12.7. The minimum absolute atomic E-state index is 0.119. The molecule has 0 aliphatic rings. The summed E-state index contributed by atoms with van der Waals surface area (Å²) in [5, 5.41) is 9.18. The Morgan fingerprint density at radius 3 is 2.46 bits per heavy atom. The fourth-order valence-electron chi connectivity index (χ4n) is 0.946. The maximum Gasteiger partial charge on any atom is 0.162 e. The van der Waals surface area contributed by atoms with E-state index in [-0.39, 0.29) is 11.3 Å². The fourth-order valence-corrected chi connectivity index (χ4v) is 0.946. The molecule has 1 aromatic rings. The Bertz CT molecular complexity index is 339. The molecule has 4 heteroatoms. The second-order valence-electron chi connectivity index (χ2n) is 2.59. The van der Waals surface area contributed by atoms with Gasteiger partial charge >= 0.3 is 0 Å². The highest BCUT2D eigenvalue weighted by atomic mass is 19.2. The first-order valence-corrected chi connectivity index (χ1v) is 3.62. The van der Waals surface area contributed by atoms with Gasteiger partial charge in [-0.1, -0.05) is 6.08 Å². The first kappa shape index (κ1) is 9.67. The van der Waals surface area contributed by atoms with Crippen molar-refractivity contribution in [2.24, 2.45) is 5.73 Å². The Morgan fingerprint density at radius 2 is 1.92 bits per heavy atom. The van der Waals surface area contributed by atoms with E-state index < -0.39 is 17.7 Å². The van der Waals surface area contributed by atoms with E-state index in [0.717, 1.165) is 6.07 Å². The van der Waals surface area contributed by atoms with Gasteiger partial charge in [0.2, 0.25) is 0 Å². The van der Waals surface area contributed by atoms with Crippen molar-refractivity contribution in [3.05, 3.63) is 42.0 Å². The fraction of sp³-hybridized carbons (Fsp3) is 0.111. The summed E-state index contributed by atoms with van der Waals surface area (Å²) in [5.74, 6) is -2.51. The number of halogens is 2. The molecule has 1 aromatic carbocycles. The third-order valence-electron chi connectivity index (χ3n) is 1.68. The lowest BCUT2D eigenvalue weighted by Crippen LogP contribution is -2.07. The van der Waals surface area contributed by atoms with E-state index in [1.165, 1.54) is 6.08 Å². The molecule has 0 bridgehead atoms. The van der Waals surface area contributed by atoms with Gasteiger partial charge in [-0.15, -0.1) is 6.58 Å². The Hall–Kier alpha value is -1.42. The summed E-state index contributed by atoms with van der Waals surface area (Å²) >= 11 is 0. The maximum absolute atomic E-state index is 12.7. The van der Waals surface area contributed by atoms with Crippen molar-refractivity contribution in [1.29, 1.82) is 0 Å². The number of phenols is 1. The summed E-state index contributed by atoms with van der Waals surface area (Å²) < 4.78 is 25.2. The molecular formula is C9H9F2NO. The molecule has 0 saturated heterocycles. The SMILES string of the molecule is C=C[C@H](N)c1cc(F)c(F)cc1O. The number of hydrogen-bond donors (Lipinski definition) is 2. The summed E-state index contributed by atoms with van der Waals surface area (Å²) in [6.45, 7) is 3.38. The lowest BCUT2D eigenvalue weighted by Gasteiger charge is -2.09. The van der Waals surface area contributed by atoms with Crippen molar-refractivity contribution >= 4 is 0 Å². The molecule has 13 heavy (non-hydrogen) atoms. The van der Waals surface area contributed by atoms with Crippen molar-refractivity contribution < 1.29 is 13.9 Å². The lowest BCUT2D eigenvalue weighted by molar-refractivity contribution is 0.445. The predicted molar refractivity (Wildman–Crippen MR) is 45.1 cm³/mol. The second-order valence-corrected chi connectivity index (χ2v) is 2.59. The van der Waals surface area contributed by atoms with Crippen molar-refractivity contribution in [2.75, 3.05) is 0 Å². The van der Waals surface area contributed by atoms with Crippen LogP contribution in [-0.2, 0) is 0 Å². The molecule has 70 valence electrons. The van der Waals surface area contributed by atoms with Gasteiger partial charge in [0.15, 0.2) is 11.6 Å². The summed E-state index contributed by atoms with van der Waals surface area (Å²) in [7, 11) is 0. The first-order chi connectivity index (χ1) is 6.06. The van der Waals surface area contributed by atoms with Crippen LogP contribution in [0.25, 0.3) is 0 Å². The van der Waals surface area contributed by atoms with Gasteiger partial charge in [-0.05, 0) is 6.07 Å². The Labute approximate surface area is 74.3 Å². The van der Waals surface area contributed by atoms with Crippen molar-refractivity contribution in [2.45, 2.75) is 6.04 Å². The molecule has 0 unspecified atom stereocenters. The monoisotopic (exact) mass is 185 g/mol. The molecule has 0 heterocycles. The van der Waals surface area contributed by atoms with Crippen LogP contribution in [0, 0.1) is 11.6 Å². The van der Waals surface area contributed by atoms with Crippen molar-refractivity contribution in [3.63, 3.8) is 0 Å². The molecule has 1 rings (SSSR count). The van der Waals surface area contributed by atoms with E-state index in [2.05, 4.69) is 6.58 Å². The molecule has 0 fully saturated rings. The number of nitrogens with two attached hydrogens (primary N) is 1. The van der Waals surface area contributed by atoms with Gasteiger partial charge in [0.1, 0.15) is 5.75 Å². The lowest BCUT2D eigenvalue weighted by atomic mass is 10.1. The van der Waals surface area contributed by atoms with E-state index >= 15 is 0 Å². The number of rotatable bonds is 2. The van der Waals surface area contributed by atoms with E-state index in [9.17, 15) is 13.9 Å². The molecule has 0 amide bonds. The smallest absolute Gasteiger partial charge is 0.162 e. The van der Waals surface area contributed by atoms with Crippen LogP contribution in [0.2, 0.25) is 0 Å². The van der Waals surface area contributed by atoms with Crippen LogP contribution in [0.3, 0.4) is 0 Å². The van der Waals surface area contributed by atoms with Gasteiger partial charge < -0.3 is 10.8 Å². The summed E-state index contributed by atoms with van der Waals surface area (Å²) in [6, 6.07) is 0.848. The van der Waals surface area contributed by atoms with Gasteiger partial charge in [-0.25, -0.2) is 8.78 Å². The van der Waals surface area contributed by atoms with Crippen LogP contribution in [0.1, 0.15) is 11.6 Å². The van der Waals surface area contributed by atoms with E-state index in [4.69, 9.17) is 5.73 Å². The highest BCUT2D eigenvalue weighted by Crippen LogP contribution is 2.25. The Balaban J connectivity index is 3.22. The first-order valence-electron chi connectivity index (χ1n) is 3.62. The zero-order valence-electron chi connectivity index (χ0n) is 6.80. The number of phenolic OH excluding ortho intramolecular Hbond substituents is 1. The molecule has 0 saturated carbocycles.